The Balaban J connectivity index is 2.72. The predicted octanol–water partition coefficient (Wildman–Crippen LogP) is 1.56. The van der Waals surface area contributed by atoms with Gasteiger partial charge in [-0.2, -0.15) is 0 Å². The minimum Gasteiger partial charge on any atom is -0.480 e. The summed E-state index contributed by atoms with van der Waals surface area (Å²) in [7, 11) is 1.63. The first-order chi connectivity index (χ1) is 6.63. The molecule has 0 aliphatic carbocycles. The van der Waals surface area contributed by atoms with Crippen molar-refractivity contribution in [1.29, 1.82) is 0 Å². The summed E-state index contributed by atoms with van der Waals surface area (Å²) in [6.07, 6.45) is 0.437. The second-order valence-electron chi connectivity index (χ2n) is 3.01. The van der Waals surface area contributed by atoms with Gasteiger partial charge in [-0.3, -0.25) is 4.79 Å². The number of carboxylic acids is 1. The van der Waals surface area contributed by atoms with Crippen molar-refractivity contribution in [3.8, 4) is 0 Å². The third-order valence-corrected chi connectivity index (χ3v) is 2.21. The van der Waals surface area contributed by atoms with Crippen molar-refractivity contribution in [3.63, 3.8) is 0 Å². The monoisotopic (exact) mass is 213 g/mol. The van der Waals surface area contributed by atoms with Crippen molar-refractivity contribution >= 4 is 17.6 Å². The highest BCUT2D eigenvalue weighted by Gasteiger charge is 2.14. The molecular weight excluding hydrogens is 202 g/mol. The molecule has 0 aromatic heterocycles. The summed E-state index contributed by atoms with van der Waals surface area (Å²) in [5, 5.41) is 12.2. The number of likely N-dealkylation sites (N-methyl/N-ethyl adjacent to an activating group) is 1. The predicted molar refractivity (Wildman–Crippen MR) is 55.6 cm³/mol. The van der Waals surface area contributed by atoms with Crippen LogP contribution in [0.2, 0.25) is 5.02 Å². The molecule has 0 fully saturated rings. The number of aliphatic carboxylic acids is 1. The number of hydrogen-bond donors (Lipinski definition) is 2. The first-order valence-corrected chi connectivity index (χ1v) is 4.66. The Morgan fingerprint density at radius 3 is 2.86 bits per heavy atom. The quantitative estimate of drug-likeness (QED) is 0.798. The van der Waals surface area contributed by atoms with Crippen LogP contribution in [-0.4, -0.2) is 24.2 Å². The van der Waals surface area contributed by atoms with Crippen LogP contribution in [-0.2, 0) is 11.2 Å². The van der Waals surface area contributed by atoms with Crippen LogP contribution in [0.3, 0.4) is 0 Å². The summed E-state index contributed by atoms with van der Waals surface area (Å²) in [5.74, 6) is -0.854. The van der Waals surface area contributed by atoms with E-state index in [4.69, 9.17) is 16.7 Å². The standard InChI is InChI=1S/C10H12ClNO2/c1-12-9(10(13)14)6-7-3-2-4-8(11)5-7/h2-5,9,12H,6H2,1H3,(H,13,14)/t9-/m1/s1. The SMILES string of the molecule is CN[C@H](Cc1cccc(Cl)c1)C(=O)O. The van der Waals surface area contributed by atoms with Crippen LogP contribution >= 0.6 is 11.6 Å². The van der Waals surface area contributed by atoms with Crippen molar-refractivity contribution in [3.05, 3.63) is 34.9 Å². The fraction of sp³-hybridized carbons (Fsp3) is 0.300. The third kappa shape index (κ3) is 3.01. The van der Waals surface area contributed by atoms with E-state index in [1.807, 2.05) is 12.1 Å². The van der Waals surface area contributed by atoms with E-state index >= 15 is 0 Å². The van der Waals surface area contributed by atoms with E-state index in [0.29, 0.717) is 11.4 Å². The minimum atomic E-state index is -0.854. The van der Waals surface area contributed by atoms with Crippen molar-refractivity contribution in [1.82, 2.24) is 5.32 Å². The second kappa shape index (κ2) is 4.98. The Kier molecular flexibility index (Phi) is 3.92. The Hall–Kier alpha value is -1.06. The molecule has 0 bridgehead atoms. The van der Waals surface area contributed by atoms with Crippen LogP contribution in [0, 0.1) is 0 Å². The molecule has 14 heavy (non-hydrogen) atoms. The van der Waals surface area contributed by atoms with Crippen LogP contribution in [0.1, 0.15) is 5.56 Å². The van der Waals surface area contributed by atoms with E-state index in [2.05, 4.69) is 5.32 Å². The van der Waals surface area contributed by atoms with E-state index in [1.165, 1.54) is 0 Å². The van der Waals surface area contributed by atoms with Crippen molar-refractivity contribution in [2.75, 3.05) is 7.05 Å². The number of halogens is 1. The van der Waals surface area contributed by atoms with Crippen LogP contribution in [0.15, 0.2) is 24.3 Å². The van der Waals surface area contributed by atoms with Crippen molar-refractivity contribution < 1.29 is 9.90 Å². The van der Waals surface area contributed by atoms with E-state index in [9.17, 15) is 4.79 Å². The van der Waals surface area contributed by atoms with Gasteiger partial charge in [0.05, 0.1) is 0 Å². The molecule has 2 N–H and O–H groups in total. The largest absolute Gasteiger partial charge is 0.480 e. The zero-order valence-electron chi connectivity index (χ0n) is 7.83. The Morgan fingerprint density at radius 2 is 2.36 bits per heavy atom. The summed E-state index contributed by atoms with van der Waals surface area (Å²) >= 11 is 5.78. The topological polar surface area (TPSA) is 49.3 Å². The summed E-state index contributed by atoms with van der Waals surface area (Å²) in [4.78, 5) is 10.7. The number of hydrogen-bond acceptors (Lipinski definition) is 2. The first-order valence-electron chi connectivity index (χ1n) is 4.28. The van der Waals surface area contributed by atoms with Gasteiger partial charge < -0.3 is 10.4 Å². The number of nitrogens with one attached hydrogen (secondary N) is 1. The molecular formula is C10H12ClNO2. The number of carbonyl (C=O) groups is 1. The Bertz CT molecular complexity index is 328. The van der Waals surface area contributed by atoms with E-state index < -0.39 is 12.0 Å². The van der Waals surface area contributed by atoms with Gasteiger partial charge in [0.25, 0.3) is 0 Å². The third-order valence-electron chi connectivity index (χ3n) is 1.98. The van der Waals surface area contributed by atoms with E-state index in [0.717, 1.165) is 5.56 Å². The number of benzene rings is 1. The lowest BCUT2D eigenvalue weighted by atomic mass is 10.1. The lowest BCUT2D eigenvalue weighted by molar-refractivity contribution is -0.139. The summed E-state index contributed by atoms with van der Waals surface area (Å²) in [6, 6.07) is 6.65. The van der Waals surface area contributed by atoms with Gasteiger partial charge in [0.15, 0.2) is 0 Å². The molecule has 1 atom stereocenters. The van der Waals surface area contributed by atoms with Gasteiger partial charge in [0.1, 0.15) is 6.04 Å². The maximum absolute atomic E-state index is 10.7. The van der Waals surface area contributed by atoms with Gasteiger partial charge in [0, 0.05) is 5.02 Å². The molecule has 0 spiro atoms. The minimum absolute atomic E-state index is 0.437. The molecule has 0 amide bonds. The van der Waals surface area contributed by atoms with Gasteiger partial charge in [-0.25, -0.2) is 0 Å². The molecule has 0 saturated carbocycles. The normalized spacial score (nSPS) is 12.4. The fourth-order valence-electron chi connectivity index (χ4n) is 1.21. The molecule has 4 heteroatoms. The zero-order valence-corrected chi connectivity index (χ0v) is 8.58. The second-order valence-corrected chi connectivity index (χ2v) is 3.45. The number of rotatable bonds is 4. The average molecular weight is 214 g/mol. The zero-order chi connectivity index (χ0) is 10.6. The summed E-state index contributed by atoms with van der Waals surface area (Å²) < 4.78 is 0. The molecule has 0 aliphatic heterocycles. The van der Waals surface area contributed by atoms with Gasteiger partial charge in [-0.1, -0.05) is 23.7 Å². The first kappa shape index (κ1) is 11.0. The van der Waals surface area contributed by atoms with Gasteiger partial charge >= 0.3 is 5.97 Å². The lowest BCUT2D eigenvalue weighted by Crippen LogP contribution is -2.35. The van der Waals surface area contributed by atoms with Crippen molar-refractivity contribution in [2.24, 2.45) is 0 Å². The van der Waals surface area contributed by atoms with Gasteiger partial charge in [-0.15, -0.1) is 0 Å². The molecule has 3 nitrogen and oxygen atoms in total. The van der Waals surface area contributed by atoms with E-state index in [1.54, 1.807) is 19.2 Å². The lowest BCUT2D eigenvalue weighted by Gasteiger charge is -2.10. The molecule has 1 rings (SSSR count). The van der Waals surface area contributed by atoms with Gasteiger partial charge in [-0.05, 0) is 31.2 Å². The molecule has 1 aromatic rings. The maximum atomic E-state index is 10.7. The Morgan fingerprint density at radius 1 is 1.64 bits per heavy atom. The van der Waals surface area contributed by atoms with Crippen LogP contribution < -0.4 is 5.32 Å². The van der Waals surface area contributed by atoms with Crippen LogP contribution in [0.5, 0.6) is 0 Å². The van der Waals surface area contributed by atoms with Crippen LogP contribution in [0.4, 0.5) is 0 Å². The molecule has 0 unspecified atom stereocenters. The highest BCUT2D eigenvalue weighted by Crippen LogP contribution is 2.12. The van der Waals surface area contributed by atoms with Crippen molar-refractivity contribution in [2.45, 2.75) is 12.5 Å². The maximum Gasteiger partial charge on any atom is 0.321 e. The number of carboxylic acid groups (broad SMARTS) is 1. The fourth-order valence-corrected chi connectivity index (χ4v) is 1.43. The highest BCUT2D eigenvalue weighted by atomic mass is 35.5. The molecule has 1 aromatic carbocycles. The molecule has 0 radical (unpaired) electrons. The molecule has 76 valence electrons. The highest BCUT2D eigenvalue weighted by molar-refractivity contribution is 6.30. The summed E-state index contributed by atoms with van der Waals surface area (Å²) in [5.41, 5.74) is 0.916. The van der Waals surface area contributed by atoms with E-state index in [-0.39, 0.29) is 0 Å². The molecule has 0 heterocycles. The molecule has 0 aliphatic rings. The van der Waals surface area contributed by atoms with Crippen LogP contribution in [0.25, 0.3) is 0 Å². The summed E-state index contributed by atoms with van der Waals surface area (Å²) in [6.45, 7) is 0. The molecule has 0 saturated heterocycles. The average Bonchev–Trinajstić information content (AvgIpc) is 2.14. The van der Waals surface area contributed by atoms with Gasteiger partial charge in [0.2, 0.25) is 0 Å². The smallest absolute Gasteiger partial charge is 0.321 e. The Labute approximate surface area is 87.7 Å².